The van der Waals surface area contributed by atoms with Gasteiger partial charge in [-0.3, -0.25) is 0 Å². The molecule has 0 spiro atoms. The Morgan fingerprint density at radius 1 is 1.13 bits per heavy atom. The lowest BCUT2D eigenvalue weighted by atomic mass is 9.93. The molecular weight excluding hydrogens is 444 g/mol. The summed E-state index contributed by atoms with van der Waals surface area (Å²) in [5.74, 6) is 0.686. The minimum absolute atomic E-state index is 0.288. The maximum absolute atomic E-state index is 14.9. The molecule has 8 heteroatoms. The molecule has 2 heterocycles. The number of halogens is 3. The van der Waals surface area contributed by atoms with E-state index in [1.165, 1.54) is 24.8 Å². The Morgan fingerprint density at radius 2 is 1.97 bits per heavy atom. The third-order valence-electron chi connectivity index (χ3n) is 5.41. The molecule has 0 unspecified atom stereocenters. The van der Waals surface area contributed by atoms with Gasteiger partial charge in [0.05, 0.1) is 32.8 Å². The monoisotopic (exact) mass is 467 g/mol. The molecule has 2 aromatic carbocycles. The molecule has 4 nitrogen and oxygen atoms in total. The maximum Gasteiger partial charge on any atom is 0.180 e. The highest BCUT2D eigenvalue weighted by Gasteiger charge is 2.15. The second kappa shape index (κ2) is 10.1. The Balaban J connectivity index is 1.36. The molecule has 0 amide bonds. The Morgan fingerprint density at radius 3 is 2.80 bits per heavy atom. The van der Waals surface area contributed by atoms with Crippen LogP contribution in [0.4, 0.5) is 10.1 Å². The lowest BCUT2D eigenvalue weighted by Gasteiger charge is -2.22. The summed E-state index contributed by atoms with van der Waals surface area (Å²) in [6, 6.07) is 8.81. The summed E-state index contributed by atoms with van der Waals surface area (Å²) in [6.07, 6.45) is 6.19. The van der Waals surface area contributed by atoms with Gasteiger partial charge in [0.1, 0.15) is 0 Å². The molecule has 4 rings (SSSR count). The number of aromatic nitrogens is 1. The van der Waals surface area contributed by atoms with E-state index in [9.17, 15) is 4.39 Å². The van der Waals surface area contributed by atoms with Crippen molar-refractivity contribution in [3.63, 3.8) is 0 Å². The van der Waals surface area contributed by atoms with Crippen molar-refractivity contribution in [2.24, 2.45) is 5.92 Å². The standard InChI is InChI=1S/C22H24Cl2FN3OS/c23-15-6-7-17(22-20(15)16(24)13-27-22)28-30-19-5-1-4-18(21(19)25)29-12-2-3-14-8-10-26-11-9-14/h1,4-7,13-14,26-28H,2-3,8-12H2. The van der Waals surface area contributed by atoms with Gasteiger partial charge in [0.15, 0.2) is 11.6 Å². The highest BCUT2D eigenvalue weighted by Crippen LogP contribution is 2.37. The van der Waals surface area contributed by atoms with Crippen LogP contribution in [-0.2, 0) is 0 Å². The number of ether oxygens (including phenoxy) is 1. The third kappa shape index (κ3) is 4.99. The highest BCUT2D eigenvalue weighted by atomic mass is 35.5. The topological polar surface area (TPSA) is 49.1 Å². The summed E-state index contributed by atoms with van der Waals surface area (Å²) in [7, 11) is 0. The van der Waals surface area contributed by atoms with Crippen LogP contribution in [0.2, 0.25) is 10.0 Å². The predicted octanol–water partition coefficient (Wildman–Crippen LogP) is 6.89. The molecule has 30 heavy (non-hydrogen) atoms. The quantitative estimate of drug-likeness (QED) is 0.249. The van der Waals surface area contributed by atoms with E-state index in [2.05, 4.69) is 15.0 Å². The van der Waals surface area contributed by atoms with Gasteiger partial charge in [0.25, 0.3) is 0 Å². The SMILES string of the molecule is Fc1c(OCCCC2CCNCC2)cccc1SNc1ccc(Cl)c2c(Cl)c[nH]c12. The highest BCUT2D eigenvalue weighted by molar-refractivity contribution is 8.00. The lowest BCUT2D eigenvalue weighted by Crippen LogP contribution is -2.27. The zero-order valence-electron chi connectivity index (χ0n) is 16.4. The number of fused-ring (bicyclic) bond motifs is 1. The van der Waals surface area contributed by atoms with Crippen molar-refractivity contribution >= 4 is 51.7 Å². The van der Waals surface area contributed by atoms with Gasteiger partial charge in [-0.05, 0) is 80.9 Å². The first-order valence-electron chi connectivity index (χ1n) is 10.1. The molecule has 0 bridgehead atoms. The van der Waals surface area contributed by atoms with Crippen molar-refractivity contribution < 1.29 is 9.13 Å². The first-order valence-corrected chi connectivity index (χ1v) is 11.7. The summed E-state index contributed by atoms with van der Waals surface area (Å²) in [5.41, 5.74) is 1.56. The van der Waals surface area contributed by atoms with Crippen molar-refractivity contribution in [1.29, 1.82) is 0 Å². The van der Waals surface area contributed by atoms with Crippen LogP contribution >= 0.6 is 35.1 Å². The second-order valence-electron chi connectivity index (χ2n) is 7.44. The number of hydrogen-bond donors (Lipinski definition) is 3. The number of nitrogens with one attached hydrogen (secondary N) is 3. The summed E-state index contributed by atoms with van der Waals surface area (Å²) in [5, 5.41) is 5.24. The van der Waals surface area contributed by atoms with Gasteiger partial charge in [0.2, 0.25) is 0 Å². The van der Waals surface area contributed by atoms with E-state index in [1.54, 1.807) is 30.5 Å². The molecule has 3 aromatic rings. The second-order valence-corrected chi connectivity index (χ2v) is 9.10. The van der Waals surface area contributed by atoms with Crippen LogP contribution in [-0.4, -0.2) is 24.7 Å². The fourth-order valence-corrected chi connectivity index (χ4v) is 5.05. The number of rotatable bonds is 8. The Bertz CT molecular complexity index is 1010. The summed E-state index contributed by atoms with van der Waals surface area (Å²) in [4.78, 5) is 3.57. The van der Waals surface area contributed by atoms with Gasteiger partial charge in [-0.15, -0.1) is 0 Å². The molecule has 0 aliphatic carbocycles. The molecular formula is C22H24Cl2FN3OS. The molecule has 1 aliphatic rings. The predicted molar refractivity (Wildman–Crippen MR) is 125 cm³/mol. The summed E-state index contributed by atoms with van der Waals surface area (Å²) >= 11 is 13.6. The van der Waals surface area contributed by atoms with Crippen molar-refractivity contribution in [3.05, 3.63) is 52.4 Å². The molecule has 1 aliphatic heterocycles. The number of H-pyrrole nitrogens is 1. The van der Waals surface area contributed by atoms with Gasteiger partial charge in [0, 0.05) is 11.6 Å². The Labute approximate surface area is 190 Å². The van der Waals surface area contributed by atoms with Gasteiger partial charge in [-0.2, -0.15) is 0 Å². The fraction of sp³-hybridized carbons (Fsp3) is 0.364. The minimum atomic E-state index is -0.355. The van der Waals surface area contributed by atoms with Crippen LogP contribution in [0.5, 0.6) is 5.75 Å². The molecule has 1 fully saturated rings. The fourth-order valence-electron chi connectivity index (χ4n) is 3.77. The van der Waals surface area contributed by atoms with Crippen molar-refractivity contribution in [1.82, 2.24) is 10.3 Å². The normalized spacial score (nSPS) is 14.9. The molecule has 1 saturated heterocycles. The number of aromatic amines is 1. The molecule has 0 saturated carbocycles. The largest absolute Gasteiger partial charge is 0.490 e. The average Bonchev–Trinajstić information content (AvgIpc) is 3.16. The van der Waals surface area contributed by atoms with E-state index < -0.39 is 0 Å². The van der Waals surface area contributed by atoms with Crippen LogP contribution < -0.4 is 14.8 Å². The Kier molecular flexibility index (Phi) is 7.31. The molecule has 1 aromatic heterocycles. The molecule has 160 valence electrons. The minimum Gasteiger partial charge on any atom is -0.490 e. The number of piperidine rings is 1. The average molecular weight is 468 g/mol. The first kappa shape index (κ1) is 21.6. The van der Waals surface area contributed by atoms with Crippen LogP contribution in [0.15, 0.2) is 41.4 Å². The zero-order chi connectivity index (χ0) is 20.9. The van der Waals surface area contributed by atoms with E-state index >= 15 is 0 Å². The van der Waals surface area contributed by atoms with Gasteiger partial charge in [-0.1, -0.05) is 29.3 Å². The van der Waals surface area contributed by atoms with Gasteiger partial charge in [-0.25, -0.2) is 4.39 Å². The smallest absolute Gasteiger partial charge is 0.180 e. The third-order valence-corrected chi connectivity index (χ3v) is 6.88. The first-order chi connectivity index (χ1) is 14.6. The Hall–Kier alpha value is -1.60. The zero-order valence-corrected chi connectivity index (χ0v) is 18.8. The molecule has 0 atom stereocenters. The lowest BCUT2D eigenvalue weighted by molar-refractivity contribution is 0.263. The maximum atomic E-state index is 14.9. The number of benzene rings is 2. The van der Waals surface area contributed by atoms with Crippen LogP contribution in [0.3, 0.4) is 0 Å². The molecule has 0 radical (unpaired) electrons. The van der Waals surface area contributed by atoms with E-state index in [-0.39, 0.29) is 11.6 Å². The van der Waals surface area contributed by atoms with Crippen molar-refractivity contribution in [2.45, 2.75) is 30.6 Å². The van der Waals surface area contributed by atoms with Crippen LogP contribution in [0.1, 0.15) is 25.7 Å². The van der Waals surface area contributed by atoms with E-state index in [4.69, 9.17) is 27.9 Å². The number of hydrogen-bond acceptors (Lipinski definition) is 4. The van der Waals surface area contributed by atoms with Crippen LogP contribution in [0, 0.1) is 11.7 Å². The molecule has 3 N–H and O–H groups in total. The van der Waals surface area contributed by atoms with Gasteiger partial charge < -0.3 is 19.8 Å². The summed E-state index contributed by atoms with van der Waals surface area (Å²) in [6.45, 7) is 2.73. The van der Waals surface area contributed by atoms with E-state index in [1.807, 2.05) is 6.07 Å². The number of anilines is 1. The summed E-state index contributed by atoms with van der Waals surface area (Å²) < 4.78 is 23.8. The van der Waals surface area contributed by atoms with Crippen molar-refractivity contribution in [2.75, 3.05) is 24.4 Å². The van der Waals surface area contributed by atoms with Gasteiger partial charge >= 0.3 is 0 Å². The van der Waals surface area contributed by atoms with E-state index in [0.29, 0.717) is 21.5 Å². The van der Waals surface area contributed by atoms with Crippen molar-refractivity contribution in [3.8, 4) is 5.75 Å². The van der Waals surface area contributed by atoms with Crippen LogP contribution in [0.25, 0.3) is 10.9 Å². The van der Waals surface area contributed by atoms with E-state index in [0.717, 1.165) is 48.4 Å².